The second-order valence-corrected chi connectivity index (χ2v) is 10.9. The van der Waals surface area contributed by atoms with Gasteiger partial charge in [-0.1, -0.05) is 44.1 Å². The fourth-order valence-corrected chi connectivity index (χ4v) is 4.47. The smallest absolute Gasteiger partial charge is 0.149 e. The standard InChI is InChI=1S/2C15H18N2O/c1-9(2)14-13(12-7-4-10(3)8-16-12)15(18-17-14)11-5-6-11;1-9(2)14-13(12-8-10(3)6-7-16-12)15(18-17-14)11-4-5-11/h4,7-9,11H,5-6H2,1-3H3;6-9,11H,4-5H2,1-3H3. The van der Waals surface area contributed by atoms with E-state index in [-0.39, 0.29) is 0 Å². The van der Waals surface area contributed by atoms with E-state index in [2.05, 4.69) is 80.0 Å². The molecule has 6 nitrogen and oxygen atoms in total. The van der Waals surface area contributed by atoms with Crippen LogP contribution in [0, 0.1) is 13.8 Å². The van der Waals surface area contributed by atoms with Crippen LogP contribution in [0.5, 0.6) is 0 Å². The SMILES string of the molecule is Cc1ccc(-c2c(C(C)C)noc2C2CC2)nc1.Cc1ccnc(-c2c(C(C)C)noc2C2CC2)c1. The number of rotatable bonds is 6. The summed E-state index contributed by atoms with van der Waals surface area (Å²) in [5.41, 5.74) is 8.73. The molecule has 6 heteroatoms. The van der Waals surface area contributed by atoms with Gasteiger partial charge in [-0.15, -0.1) is 0 Å². The average Bonchev–Trinajstić information content (AvgIpc) is 3.79. The maximum absolute atomic E-state index is 5.59. The number of aryl methyl sites for hydroxylation is 2. The van der Waals surface area contributed by atoms with E-state index in [0.29, 0.717) is 23.7 Å². The fraction of sp³-hybridized carbons (Fsp3) is 0.467. The minimum Gasteiger partial charge on any atom is -0.360 e. The first kappa shape index (κ1) is 24.4. The minimum absolute atomic E-state index is 0.360. The Morgan fingerprint density at radius 2 is 1.25 bits per heavy atom. The second kappa shape index (κ2) is 10.00. The lowest BCUT2D eigenvalue weighted by molar-refractivity contribution is 0.376. The summed E-state index contributed by atoms with van der Waals surface area (Å²) in [4.78, 5) is 9.03. The van der Waals surface area contributed by atoms with E-state index >= 15 is 0 Å². The molecule has 0 amide bonds. The molecule has 4 aromatic heterocycles. The van der Waals surface area contributed by atoms with E-state index in [1.165, 1.54) is 36.8 Å². The first-order valence-corrected chi connectivity index (χ1v) is 13.2. The minimum atomic E-state index is 0.360. The summed E-state index contributed by atoms with van der Waals surface area (Å²) in [5.74, 6) is 3.91. The third kappa shape index (κ3) is 5.13. The fourth-order valence-electron chi connectivity index (χ4n) is 4.47. The highest BCUT2D eigenvalue weighted by atomic mass is 16.5. The van der Waals surface area contributed by atoms with Crippen molar-refractivity contribution >= 4 is 0 Å². The predicted molar refractivity (Wildman–Crippen MR) is 141 cm³/mol. The second-order valence-electron chi connectivity index (χ2n) is 10.9. The van der Waals surface area contributed by atoms with Gasteiger partial charge in [-0.25, -0.2) is 0 Å². The summed E-state index contributed by atoms with van der Waals surface area (Å²) in [6.07, 6.45) is 8.62. The Morgan fingerprint density at radius 1 is 0.694 bits per heavy atom. The Hall–Kier alpha value is -3.28. The normalized spacial score (nSPS) is 15.3. The number of pyridine rings is 2. The zero-order valence-corrected chi connectivity index (χ0v) is 22.2. The van der Waals surface area contributed by atoms with Crippen LogP contribution in [-0.2, 0) is 0 Å². The summed E-state index contributed by atoms with van der Waals surface area (Å²) in [6.45, 7) is 12.7. The average molecular weight is 485 g/mol. The highest BCUT2D eigenvalue weighted by molar-refractivity contribution is 5.67. The van der Waals surface area contributed by atoms with Crippen molar-refractivity contribution in [1.29, 1.82) is 0 Å². The van der Waals surface area contributed by atoms with Crippen molar-refractivity contribution in [2.45, 2.75) is 90.9 Å². The Morgan fingerprint density at radius 3 is 1.69 bits per heavy atom. The molecule has 0 radical (unpaired) electrons. The van der Waals surface area contributed by atoms with Crippen molar-refractivity contribution in [3.63, 3.8) is 0 Å². The van der Waals surface area contributed by atoms with Crippen LogP contribution in [0.4, 0.5) is 0 Å². The highest BCUT2D eigenvalue weighted by Gasteiger charge is 2.34. The summed E-state index contributed by atoms with van der Waals surface area (Å²) in [7, 11) is 0. The maximum atomic E-state index is 5.59. The molecule has 36 heavy (non-hydrogen) atoms. The number of aromatic nitrogens is 4. The molecule has 4 heterocycles. The molecular formula is C30H36N4O2. The van der Waals surface area contributed by atoms with Gasteiger partial charge in [0.1, 0.15) is 11.5 Å². The van der Waals surface area contributed by atoms with Gasteiger partial charge in [0.05, 0.1) is 33.9 Å². The van der Waals surface area contributed by atoms with Gasteiger partial charge in [0.2, 0.25) is 0 Å². The molecule has 0 N–H and O–H groups in total. The van der Waals surface area contributed by atoms with Crippen molar-refractivity contribution in [1.82, 2.24) is 20.3 Å². The zero-order chi connectivity index (χ0) is 25.4. The molecular weight excluding hydrogens is 448 g/mol. The molecule has 2 aliphatic carbocycles. The quantitative estimate of drug-likeness (QED) is 0.275. The zero-order valence-electron chi connectivity index (χ0n) is 22.2. The third-order valence-corrected chi connectivity index (χ3v) is 6.82. The molecule has 0 saturated heterocycles. The van der Waals surface area contributed by atoms with Crippen LogP contribution in [0.25, 0.3) is 22.5 Å². The van der Waals surface area contributed by atoms with Crippen molar-refractivity contribution in [2.75, 3.05) is 0 Å². The topological polar surface area (TPSA) is 77.8 Å². The van der Waals surface area contributed by atoms with Crippen molar-refractivity contribution in [3.8, 4) is 22.5 Å². The molecule has 2 fully saturated rings. The Labute approximate surface area is 213 Å². The first-order chi connectivity index (χ1) is 17.3. The van der Waals surface area contributed by atoms with Gasteiger partial charge in [-0.05, 0) is 80.7 Å². The van der Waals surface area contributed by atoms with Crippen LogP contribution in [-0.4, -0.2) is 20.3 Å². The van der Waals surface area contributed by atoms with Crippen LogP contribution < -0.4 is 0 Å². The Kier molecular flexibility index (Phi) is 6.78. The molecule has 0 aromatic carbocycles. The summed E-state index contributed by atoms with van der Waals surface area (Å²) in [5, 5.41) is 8.53. The van der Waals surface area contributed by atoms with E-state index in [1.54, 1.807) is 0 Å². The van der Waals surface area contributed by atoms with E-state index < -0.39 is 0 Å². The lowest BCUT2D eigenvalue weighted by Crippen LogP contribution is -1.94. The van der Waals surface area contributed by atoms with Crippen LogP contribution in [0.1, 0.15) is 111 Å². The van der Waals surface area contributed by atoms with Crippen molar-refractivity contribution < 1.29 is 9.05 Å². The molecule has 0 spiro atoms. The van der Waals surface area contributed by atoms with Gasteiger partial charge < -0.3 is 9.05 Å². The van der Waals surface area contributed by atoms with E-state index in [4.69, 9.17) is 9.05 Å². The summed E-state index contributed by atoms with van der Waals surface area (Å²) in [6, 6.07) is 8.29. The molecule has 188 valence electrons. The molecule has 0 bridgehead atoms. The highest BCUT2D eigenvalue weighted by Crippen LogP contribution is 2.47. The molecule has 0 atom stereocenters. The molecule has 2 aliphatic rings. The lowest BCUT2D eigenvalue weighted by Gasteiger charge is -2.06. The first-order valence-electron chi connectivity index (χ1n) is 13.2. The molecule has 0 aliphatic heterocycles. The van der Waals surface area contributed by atoms with Crippen LogP contribution >= 0.6 is 0 Å². The molecule has 2 saturated carbocycles. The number of nitrogens with zero attached hydrogens (tertiary/aromatic N) is 4. The van der Waals surface area contributed by atoms with Gasteiger partial charge in [0.25, 0.3) is 0 Å². The lowest BCUT2D eigenvalue weighted by atomic mass is 9.99. The predicted octanol–water partition coefficient (Wildman–Crippen LogP) is 8.09. The third-order valence-electron chi connectivity index (χ3n) is 6.82. The van der Waals surface area contributed by atoms with Crippen molar-refractivity contribution in [2.24, 2.45) is 0 Å². The maximum Gasteiger partial charge on any atom is 0.149 e. The van der Waals surface area contributed by atoms with Gasteiger partial charge in [0.15, 0.2) is 0 Å². The van der Waals surface area contributed by atoms with Crippen molar-refractivity contribution in [3.05, 3.63) is 70.7 Å². The van der Waals surface area contributed by atoms with E-state index in [1.807, 2.05) is 18.5 Å². The Balaban J connectivity index is 0.000000148. The molecule has 4 aromatic rings. The molecule has 0 unspecified atom stereocenters. The van der Waals surface area contributed by atoms with Gasteiger partial charge >= 0.3 is 0 Å². The monoisotopic (exact) mass is 484 g/mol. The van der Waals surface area contributed by atoms with E-state index in [0.717, 1.165) is 45.4 Å². The van der Waals surface area contributed by atoms with Gasteiger partial charge in [0, 0.05) is 24.2 Å². The largest absolute Gasteiger partial charge is 0.360 e. The summed E-state index contributed by atoms with van der Waals surface area (Å²) < 4.78 is 11.2. The van der Waals surface area contributed by atoms with Gasteiger partial charge in [-0.2, -0.15) is 0 Å². The van der Waals surface area contributed by atoms with Crippen LogP contribution in [0.3, 0.4) is 0 Å². The summed E-state index contributed by atoms with van der Waals surface area (Å²) >= 11 is 0. The Bertz CT molecular complexity index is 1290. The number of hydrogen-bond donors (Lipinski definition) is 0. The number of hydrogen-bond acceptors (Lipinski definition) is 6. The van der Waals surface area contributed by atoms with Crippen LogP contribution in [0.2, 0.25) is 0 Å². The van der Waals surface area contributed by atoms with Gasteiger partial charge in [-0.3, -0.25) is 9.97 Å². The van der Waals surface area contributed by atoms with Crippen LogP contribution in [0.15, 0.2) is 45.7 Å². The molecule has 6 rings (SSSR count). The van der Waals surface area contributed by atoms with E-state index in [9.17, 15) is 0 Å².